The van der Waals surface area contributed by atoms with Crippen LogP contribution in [-0.2, 0) is 0 Å². The van der Waals surface area contributed by atoms with E-state index in [1.807, 2.05) is 0 Å². The number of fused-ring (bicyclic) bond motifs is 3. The number of allylic oxidation sites excluding steroid dienone is 4. The minimum atomic E-state index is 1.20. The van der Waals surface area contributed by atoms with Gasteiger partial charge in [-0.05, 0) is 55.3 Å². The van der Waals surface area contributed by atoms with E-state index in [0.29, 0.717) is 0 Å². The monoisotopic (exact) mass is 323 g/mol. The molecular weight excluding hydrogens is 302 g/mol. The van der Waals surface area contributed by atoms with Crippen LogP contribution in [0, 0.1) is 0 Å². The van der Waals surface area contributed by atoms with Gasteiger partial charge in [0, 0.05) is 16.5 Å². The minimum Gasteiger partial charge on any atom is -0.309 e. The molecule has 1 heterocycles. The van der Waals surface area contributed by atoms with Crippen molar-refractivity contribution in [2.45, 2.75) is 13.8 Å². The van der Waals surface area contributed by atoms with Gasteiger partial charge >= 0.3 is 0 Å². The van der Waals surface area contributed by atoms with Crippen molar-refractivity contribution < 1.29 is 0 Å². The predicted molar refractivity (Wildman–Crippen MR) is 109 cm³/mol. The summed E-state index contributed by atoms with van der Waals surface area (Å²) in [6.07, 6.45) is 6.42. The molecular formula is C24H21N. The van der Waals surface area contributed by atoms with Gasteiger partial charge in [-0.3, -0.25) is 0 Å². The Labute approximate surface area is 148 Å². The van der Waals surface area contributed by atoms with Crippen LogP contribution in [0.5, 0.6) is 0 Å². The van der Waals surface area contributed by atoms with E-state index in [0.717, 1.165) is 0 Å². The first-order valence-electron chi connectivity index (χ1n) is 8.71. The molecule has 4 rings (SSSR count). The van der Waals surface area contributed by atoms with Crippen LogP contribution < -0.4 is 0 Å². The summed E-state index contributed by atoms with van der Waals surface area (Å²) in [6.45, 7) is 4.15. The second-order valence-electron chi connectivity index (χ2n) is 6.16. The van der Waals surface area contributed by atoms with Gasteiger partial charge in [0.05, 0.1) is 11.0 Å². The molecule has 0 radical (unpaired) electrons. The predicted octanol–water partition coefficient (Wildman–Crippen LogP) is 6.76. The number of rotatable bonds is 3. The Morgan fingerprint density at radius 1 is 0.760 bits per heavy atom. The van der Waals surface area contributed by atoms with Crippen LogP contribution in [-0.4, -0.2) is 4.57 Å². The van der Waals surface area contributed by atoms with Crippen molar-refractivity contribution in [1.82, 2.24) is 4.57 Å². The van der Waals surface area contributed by atoms with Gasteiger partial charge in [0.2, 0.25) is 0 Å². The Balaban J connectivity index is 2.06. The molecule has 0 bridgehead atoms. The zero-order valence-corrected chi connectivity index (χ0v) is 14.6. The van der Waals surface area contributed by atoms with E-state index in [2.05, 4.69) is 109 Å². The van der Waals surface area contributed by atoms with Gasteiger partial charge in [-0.2, -0.15) is 0 Å². The third kappa shape index (κ3) is 2.58. The molecule has 0 aliphatic carbocycles. The third-order valence-corrected chi connectivity index (χ3v) is 4.68. The number of nitrogens with zero attached hydrogens (tertiary/aromatic N) is 1. The minimum absolute atomic E-state index is 1.20. The second kappa shape index (κ2) is 6.45. The van der Waals surface area contributed by atoms with Gasteiger partial charge in [-0.1, -0.05) is 60.7 Å². The lowest BCUT2D eigenvalue weighted by atomic mass is 10.0. The van der Waals surface area contributed by atoms with Crippen LogP contribution in [0.25, 0.3) is 33.1 Å². The quantitative estimate of drug-likeness (QED) is 0.367. The van der Waals surface area contributed by atoms with E-state index >= 15 is 0 Å². The van der Waals surface area contributed by atoms with Crippen LogP contribution in [0.1, 0.15) is 19.4 Å². The summed E-state index contributed by atoms with van der Waals surface area (Å²) in [7, 11) is 0. The molecule has 0 saturated carbocycles. The number of hydrogen-bond acceptors (Lipinski definition) is 0. The smallest absolute Gasteiger partial charge is 0.0541 e. The Morgan fingerprint density at radius 2 is 1.48 bits per heavy atom. The highest BCUT2D eigenvalue weighted by Crippen LogP contribution is 2.33. The van der Waals surface area contributed by atoms with Crippen molar-refractivity contribution in [3.8, 4) is 5.69 Å². The molecule has 0 aliphatic rings. The van der Waals surface area contributed by atoms with Crippen molar-refractivity contribution >= 4 is 27.4 Å². The van der Waals surface area contributed by atoms with Crippen LogP contribution in [0.3, 0.4) is 0 Å². The van der Waals surface area contributed by atoms with Gasteiger partial charge in [-0.15, -0.1) is 0 Å². The molecule has 4 aromatic rings. The van der Waals surface area contributed by atoms with Gasteiger partial charge in [0.25, 0.3) is 0 Å². The molecule has 0 N–H and O–H groups in total. The van der Waals surface area contributed by atoms with E-state index in [9.17, 15) is 0 Å². The molecule has 0 atom stereocenters. The summed E-state index contributed by atoms with van der Waals surface area (Å²) >= 11 is 0. The molecule has 0 amide bonds. The van der Waals surface area contributed by atoms with Crippen LogP contribution in [0.15, 0.2) is 91.0 Å². The third-order valence-electron chi connectivity index (χ3n) is 4.68. The molecule has 0 saturated heterocycles. The maximum Gasteiger partial charge on any atom is 0.0541 e. The van der Waals surface area contributed by atoms with E-state index in [1.165, 1.54) is 38.6 Å². The lowest BCUT2D eigenvalue weighted by Crippen LogP contribution is -1.93. The van der Waals surface area contributed by atoms with E-state index in [4.69, 9.17) is 0 Å². The van der Waals surface area contributed by atoms with Crippen molar-refractivity contribution in [2.24, 2.45) is 0 Å². The normalized spacial score (nSPS) is 12.5. The fraction of sp³-hybridized carbons (Fsp3) is 0.0833. The average Bonchev–Trinajstić information content (AvgIpc) is 3.00. The Hall–Kier alpha value is -3.06. The summed E-state index contributed by atoms with van der Waals surface area (Å²) in [6, 6.07) is 26.0. The number of para-hydroxylation sites is 2. The van der Waals surface area contributed by atoms with E-state index in [1.54, 1.807) is 0 Å². The molecule has 3 aromatic carbocycles. The van der Waals surface area contributed by atoms with E-state index < -0.39 is 0 Å². The van der Waals surface area contributed by atoms with Gasteiger partial charge in [-0.25, -0.2) is 0 Å². The number of benzene rings is 3. The highest BCUT2D eigenvalue weighted by atomic mass is 15.0. The molecule has 1 heteroatoms. The molecule has 0 aliphatic heterocycles. The van der Waals surface area contributed by atoms with Crippen LogP contribution >= 0.6 is 0 Å². The maximum atomic E-state index is 2.35. The van der Waals surface area contributed by atoms with Crippen molar-refractivity contribution in [3.63, 3.8) is 0 Å². The first-order chi connectivity index (χ1) is 12.3. The summed E-state index contributed by atoms with van der Waals surface area (Å²) < 4.78 is 2.35. The first-order valence-corrected chi connectivity index (χ1v) is 8.71. The Kier molecular flexibility index (Phi) is 3.99. The maximum absolute atomic E-state index is 2.35. The Morgan fingerprint density at radius 3 is 2.24 bits per heavy atom. The molecule has 0 unspecified atom stereocenters. The summed E-state index contributed by atoms with van der Waals surface area (Å²) in [5.74, 6) is 0. The topological polar surface area (TPSA) is 4.93 Å². The zero-order valence-electron chi connectivity index (χ0n) is 14.6. The molecule has 1 nitrogen and oxygen atoms in total. The first kappa shape index (κ1) is 15.5. The molecule has 122 valence electrons. The van der Waals surface area contributed by atoms with Crippen molar-refractivity contribution in [3.05, 3.63) is 96.6 Å². The van der Waals surface area contributed by atoms with Gasteiger partial charge in [0.1, 0.15) is 0 Å². The fourth-order valence-corrected chi connectivity index (χ4v) is 3.55. The highest BCUT2D eigenvalue weighted by Gasteiger charge is 2.12. The lowest BCUT2D eigenvalue weighted by molar-refractivity contribution is 1.18. The standard InChI is InChI=1S/C24H21N/c1-3-10-18(4-2)19-15-16-24-22(17-19)21-13-8-9-14-23(21)25(24)20-11-6-5-7-12-20/h3-17H,1-2H3. The molecule has 0 spiro atoms. The Bertz CT molecular complexity index is 1100. The van der Waals surface area contributed by atoms with Gasteiger partial charge in [0.15, 0.2) is 0 Å². The van der Waals surface area contributed by atoms with Crippen LogP contribution in [0.4, 0.5) is 0 Å². The fourth-order valence-electron chi connectivity index (χ4n) is 3.55. The SMILES string of the molecule is CC=CC(=CC)c1ccc2c(c1)c1ccccc1n2-c1ccccc1. The van der Waals surface area contributed by atoms with Crippen molar-refractivity contribution in [1.29, 1.82) is 0 Å². The molecule has 0 fully saturated rings. The number of aromatic nitrogens is 1. The second-order valence-corrected chi connectivity index (χ2v) is 6.16. The average molecular weight is 323 g/mol. The van der Waals surface area contributed by atoms with Gasteiger partial charge < -0.3 is 4.57 Å². The number of hydrogen-bond donors (Lipinski definition) is 0. The van der Waals surface area contributed by atoms with E-state index in [-0.39, 0.29) is 0 Å². The van der Waals surface area contributed by atoms with Crippen molar-refractivity contribution in [2.75, 3.05) is 0 Å². The molecule has 25 heavy (non-hydrogen) atoms. The summed E-state index contributed by atoms with van der Waals surface area (Å²) in [5, 5.41) is 2.58. The zero-order chi connectivity index (χ0) is 17.2. The largest absolute Gasteiger partial charge is 0.309 e. The summed E-state index contributed by atoms with van der Waals surface area (Å²) in [4.78, 5) is 0. The summed E-state index contributed by atoms with van der Waals surface area (Å²) in [5.41, 5.74) is 6.19. The molecule has 1 aromatic heterocycles. The van der Waals surface area contributed by atoms with Crippen LogP contribution in [0.2, 0.25) is 0 Å². The lowest BCUT2D eigenvalue weighted by Gasteiger charge is -2.08. The highest BCUT2D eigenvalue weighted by molar-refractivity contribution is 6.10.